The molecule has 2 aromatic carbocycles. The molecule has 1 amide bonds. The zero-order valence-corrected chi connectivity index (χ0v) is 17.5. The third-order valence-electron chi connectivity index (χ3n) is 4.23. The van der Waals surface area contributed by atoms with Crippen molar-refractivity contribution < 1.29 is 9.53 Å². The van der Waals surface area contributed by atoms with Crippen molar-refractivity contribution in [1.29, 1.82) is 0 Å². The number of hydrogen-bond acceptors (Lipinski definition) is 6. The van der Waals surface area contributed by atoms with E-state index in [9.17, 15) is 4.79 Å². The fourth-order valence-electron chi connectivity index (χ4n) is 2.78. The van der Waals surface area contributed by atoms with Gasteiger partial charge < -0.3 is 10.1 Å². The predicted molar refractivity (Wildman–Crippen MR) is 115 cm³/mol. The lowest BCUT2D eigenvalue weighted by Crippen LogP contribution is -2.15. The molecule has 7 nitrogen and oxygen atoms in total. The summed E-state index contributed by atoms with van der Waals surface area (Å²) in [4.78, 5) is 12.4. The highest BCUT2D eigenvalue weighted by Crippen LogP contribution is 2.25. The smallest absolute Gasteiger partial charge is 0.234 e. The van der Waals surface area contributed by atoms with E-state index in [1.807, 2.05) is 43.3 Å². The van der Waals surface area contributed by atoms with Gasteiger partial charge in [-0.3, -0.25) is 4.79 Å². The molecule has 0 atom stereocenters. The Bertz CT molecular complexity index is 927. The van der Waals surface area contributed by atoms with E-state index in [0.717, 1.165) is 12.1 Å². The van der Waals surface area contributed by atoms with Crippen molar-refractivity contribution in [2.24, 2.45) is 0 Å². The molecule has 152 valence electrons. The zero-order valence-electron chi connectivity index (χ0n) is 16.7. The van der Waals surface area contributed by atoms with Crippen molar-refractivity contribution in [2.75, 3.05) is 17.7 Å². The van der Waals surface area contributed by atoms with Crippen molar-refractivity contribution in [2.45, 2.75) is 38.3 Å². The minimum Gasteiger partial charge on any atom is -0.492 e. The van der Waals surface area contributed by atoms with Gasteiger partial charge in [0.15, 0.2) is 0 Å². The van der Waals surface area contributed by atoms with Gasteiger partial charge in [-0.15, -0.1) is 5.10 Å². The molecule has 0 fully saturated rings. The number of carbonyl (C=O) groups excluding carboxylic acids is 1. The lowest BCUT2D eigenvalue weighted by Gasteiger charge is -2.11. The average molecular weight is 412 g/mol. The summed E-state index contributed by atoms with van der Waals surface area (Å²) < 4.78 is 7.19. The molecule has 3 aromatic rings. The van der Waals surface area contributed by atoms with Crippen LogP contribution in [0.4, 0.5) is 5.69 Å². The molecule has 0 saturated heterocycles. The Labute approximate surface area is 174 Å². The SMILES string of the molecule is CCCCc1ccc(-n2nnnc2SCC(=O)Nc2ccccc2OCC)cc1. The number of hydrogen-bond donors (Lipinski definition) is 1. The topological polar surface area (TPSA) is 81.9 Å². The van der Waals surface area contributed by atoms with Gasteiger partial charge in [-0.2, -0.15) is 4.68 Å². The zero-order chi connectivity index (χ0) is 20.5. The molecule has 0 spiro atoms. The number of nitrogens with one attached hydrogen (secondary N) is 1. The molecular formula is C21H25N5O2S. The number of amides is 1. The van der Waals surface area contributed by atoms with Crippen molar-refractivity contribution in [3.05, 3.63) is 54.1 Å². The molecule has 3 rings (SSSR count). The standard InChI is InChI=1S/C21H25N5O2S/c1-3-5-8-16-11-13-17(14-12-16)26-21(23-24-25-26)29-15-20(27)22-18-9-6-7-10-19(18)28-4-2/h6-7,9-14H,3-5,8,15H2,1-2H3,(H,22,27). The van der Waals surface area contributed by atoms with Crippen LogP contribution >= 0.6 is 11.8 Å². The minimum atomic E-state index is -0.147. The summed E-state index contributed by atoms with van der Waals surface area (Å²) in [7, 11) is 0. The van der Waals surface area contributed by atoms with Crippen LogP contribution < -0.4 is 10.1 Å². The summed E-state index contributed by atoms with van der Waals surface area (Å²) in [6.45, 7) is 4.63. The van der Waals surface area contributed by atoms with Crippen molar-refractivity contribution >= 4 is 23.4 Å². The number of para-hydroxylation sites is 2. The number of benzene rings is 2. The first kappa shape index (κ1) is 20.9. The first-order chi connectivity index (χ1) is 14.2. The summed E-state index contributed by atoms with van der Waals surface area (Å²) in [5.41, 5.74) is 2.83. The van der Waals surface area contributed by atoms with E-state index in [1.54, 1.807) is 4.68 Å². The maximum Gasteiger partial charge on any atom is 0.234 e. The molecule has 1 N–H and O–H groups in total. The molecule has 0 radical (unpaired) electrons. The first-order valence-electron chi connectivity index (χ1n) is 9.73. The van der Waals surface area contributed by atoms with E-state index in [0.29, 0.717) is 23.2 Å². The van der Waals surface area contributed by atoms with Crippen LogP contribution in [-0.2, 0) is 11.2 Å². The summed E-state index contributed by atoms with van der Waals surface area (Å²) in [5.74, 6) is 0.697. The number of nitrogens with zero attached hydrogens (tertiary/aromatic N) is 4. The number of carbonyl (C=O) groups is 1. The third kappa shape index (κ3) is 5.80. The number of unbranched alkanes of at least 4 members (excludes halogenated alkanes) is 1. The molecule has 1 heterocycles. The van der Waals surface area contributed by atoms with Crippen LogP contribution in [0.15, 0.2) is 53.7 Å². The van der Waals surface area contributed by atoms with Gasteiger partial charge >= 0.3 is 0 Å². The summed E-state index contributed by atoms with van der Waals surface area (Å²) in [6, 6.07) is 15.6. The number of anilines is 1. The van der Waals surface area contributed by atoms with Gasteiger partial charge in [0.1, 0.15) is 5.75 Å². The van der Waals surface area contributed by atoms with E-state index in [1.165, 1.54) is 30.2 Å². The van der Waals surface area contributed by atoms with E-state index in [2.05, 4.69) is 39.9 Å². The Morgan fingerprint density at radius 2 is 1.93 bits per heavy atom. The van der Waals surface area contributed by atoms with Gasteiger partial charge in [0.25, 0.3) is 0 Å². The van der Waals surface area contributed by atoms with E-state index < -0.39 is 0 Å². The average Bonchev–Trinajstić information content (AvgIpc) is 3.21. The van der Waals surface area contributed by atoms with Crippen LogP contribution in [0.1, 0.15) is 32.3 Å². The number of aromatic nitrogens is 4. The van der Waals surface area contributed by atoms with Gasteiger partial charge in [-0.05, 0) is 60.0 Å². The predicted octanol–water partition coefficient (Wildman–Crippen LogP) is 4.13. The largest absolute Gasteiger partial charge is 0.492 e. The lowest BCUT2D eigenvalue weighted by molar-refractivity contribution is -0.113. The van der Waals surface area contributed by atoms with Gasteiger partial charge in [-0.25, -0.2) is 0 Å². The monoisotopic (exact) mass is 411 g/mol. The molecular weight excluding hydrogens is 386 g/mol. The number of tetrazole rings is 1. The highest BCUT2D eigenvalue weighted by Gasteiger charge is 2.13. The van der Waals surface area contributed by atoms with Crippen LogP contribution in [0.5, 0.6) is 5.75 Å². The maximum atomic E-state index is 12.4. The number of rotatable bonds is 10. The minimum absolute atomic E-state index is 0.147. The van der Waals surface area contributed by atoms with Crippen LogP contribution in [0.3, 0.4) is 0 Å². The Morgan fingerprint density at radius 3 is 2.69 bits per heavy atom. The Morgan fingerprint density at radius 1 is 1.14 bits per heavy atom. The van der Waals surface area contributed by atoms with Gasteiger partial charge in [0.05, 0.1) is 23.7 Å². The normalized spacial score (nSPS) is 10.7. The Hall–Kier alpha value is -2.87. The third-order valence-corrected chi connectivity index (χ3v) is 5.15. The van der Waals surface area contributed by atoms with Gasteiger partial charge in [0.2, 0.25) is 11.1 Å². The molecule has 1 aromatic heterocycles. The molecule has 0 bridgehead atoms. The molecule has 0 aliphatic heterocycles. The fourth-order valence-corrected chi connectivity index (χ4v) is 3.47. The van der Waals surface area contributed by atoms with Gasteiger partial charge in [0, 0.05) is 0 Å². The molecule has 0 saturated carbocycles. The van der Waals surface area contributed by atoms with Gasteiger partial charge in [-0.1, -0.05) is 49.4 Å². The second-order valence-corrected chi connectivity index (χ2v) is 7.35. The number of thioether (sulfide) groups is 1. The Kier molecular flexibility index (Phi) is 7.63. The summed E-state index contributed by atoms with van der Waals surface area (Å²) >= 11 is 1.29. The van der Waals surface area contributed by atoms with Crippen LogP contribution in [-0.4, -0.2) is 38.5 Å². The lowest BCUT2D eigenvalue weighted by atomic mass is 10.1. The van der Waals surface area contributed by atoms with E-state index >= 15 is 0 Å². The summed E-state index contributed by atoms with van der Waals surface area (Å²) in [6.07, 6.45) is 3.41. The van der Waals surface area contributed by atoms with Crippen molar-refractivity contribution in [3.8, 4) is 11.4 Å². The van der Waals surface area contributed by atoms with E-state index in [-0.39, 0.29) is 11.7 Å². The highest BCUT2D eigenvalue weighted by molar-refractivity contribution is 7.99. The second-order valence-electron chi connectivity index (χ2n) is 6.41. The Balaban J connectivity index is 1.61. The van der Waals surface area contributed by atoms with Crippen molar-refractivity contribution in [3.63, 3.8) is 0 Å². The number of aryl methyl sites for hydroxylation is 1. The molecule has 0 unspecified atom stereocenters. The molecule has 0 aliphatic rings. The second kappa shape index (κ2) is 10.6. The quantitative estimate of drug-likeness (QED) is 0.505. The molecule has 29 heavy (non-hydrogen) atoms. The highest BCUT2D eigenvalue weighted by atomic mass is 32.2. The molecule has 8 heteroatoms. The van der Waals surface area contributed by atoms with E-state index in [4.69, 9.17) is 4.74 Å². The van der Waals surface area contributed by atoms with Crippen LogP contribution in [0, 0.1) is 0 Å². The maximum absolute atomic E-state index is 12.4. The molecule has 0 aliphatic carbocycles. The fraction of sp³-hybridized carbons (Fsp3) is 0.333. The summed E-state index contributed by atoms with van der Waals surface area (Å²) in [5, 5.41) is 15.3. The first-order valence-corrected chi connectivity index (χ1v) is 10.7. The number of ether oxygens (including phenoxy) is 1. The van der Waals surface area contributed by atoms with Crippen LogP contribution in [0.2, 0.25) is 0 Å². The van der Waals surface area contributed by atoms with Crippen LogP contribution in [0.25, 0.3) is 5.69 Å². The van der Waals surface area contributed by atoms with Crippen molar-refractivity contribution in [1.82, 2.24) is 20.2 Å².